The Hall–Kier alpha value is -2.99. The molecule has 0 atom stereocenters. The Balaban J connectivity index is 1.77. The van der Waals surface area contributed by atoms with E-state index >= 15 is 0 Å². The minimum absolute atomic E-state index is 0.0958. The second-order valence-electron chi connectivity index (χ2n) is 5.83. The number of amides is 1. The first-order valence-corrected chi connectivity index (χ1v) is 9.30. The number of carbonyl (C=O) groups excluding carboxylic acids is 1. The molecular formula is C21H21NO4S. The standard InChI is InChI=1S/C21H21NO4S/c1-24-18-11-16(12-19(13-18)25-2)7-8-21(23)22(14-17-5-3-9-26-17)15-20-6-4-10-27-20/h3-13H,14-15H2,1-2H3/b8-7+. The van der Waals surface area contributed by atoms with Crippen molar-refractivity contribution in [2.45, 2.75) is 13.1 Å². The maximum atomic E-state index is 12.8. The van der Waals surface area contributed by atoms with Crippen LogP contribution in [0.4, 0.5) is 0 Å². The van der Waals surface area contributed by atoms with Crippen LogP contribution in [0, 0.1) is 0 Å². The number of thiophene rings is 1. The third-order valence-corrected chi connectivity index (χ3v) is 4.82. The lowest BCUT2D eigenvalue weighted by atomic mass is 10.2. The topological polar surface area (TPSA) is 51.9 Å². The van der Waals surface area contributed by atoms with E-state index in [1.54, 1.807) is 54.9 Å². The van der Waals surface area contributed by atoms with Gasteiger partial charge in [-0.15, -0.1) is 11.3 Å². The molecule has 5 nitrogen and oxygen atoms in total. The van der Waals surface area contributed by atoms with E-state index in [2.05, 4.69) is 0 Å². The molecule has 2 aromatic heterocycles. The van der Waals surface area contributed by atoms with E-state index in [1.165, 1.54) is 0 Å². The number of methoxy groups -OCH3 is 2. The Morgan fingerprint density at radius 3 is 2.48 bits per heavy atom. The third kappa shape index (κ3) is 5.24. The predicted octanol–water partition coefficient (Wildman–Crippen LogP) is 4.60. The number of hydrogen-bond acceptors (Lipinski definition) is 5. The molecule has 2 heterocycles. The highest BCUT2D eigenvalue weighted by Gasteiger charge is 2.14. The summed E-state index contributed by atoms with van der Waals surface area (Å²) < 4.78 is 16.0. The minimum Gasteiger partial charge on any atom is -0.497 e. The zero-order chi connectivity index (χ0) is 19.1. The Bertz CT molecular complexity index is 827. The summed E-state index contributed by atoms with van der Waals surface area (Å²) in [5, 5.41) is 2.00. The van der Waals surface area contributed by atoms with E-state index < -0.39 is 0 Å². The van der Waals surface area contributed by atoms with Gasteiger partial charge in [-0.05, 0) is 47.4 Å². The van der Waals surface area contributed by atoms with E-state index in [0.29, 0.717) is 24.6 Å². The fourth-order valence-electron chi connectivity index (χ4n) is 2.59. The van der Waals surface area contributed by atoms with Crippen molar-refractivity contribution in [2.75, 3.05) is 14.2 Å². The highest BCUT2D eigenvalue weighted by molar-refractivity contribution is 7.09. The lowest BCUT2D eigenvalue weighted by molar-refractivity contribution is -0.127. The fourth-order valence-corrected chi connectivity index (χ4v) is 3.31. The maximum Gasteiger partial charge on any atom is 0.247 e. The van der Waals surface area contributed by atoms with Crippen molar-refractivity contribution in [1.29, 1.82) is 0 Å². The summed E-state index contributed by atoms with van der Waals surface area (Å²) in [4.78, 5) is 15.7. The van der Waals surface area contributed by atoms with E-state index in [1.807, 2.05) is 41.8 Å². The molecule has 3 rings (SSSR count). The molecular weight excluding hydrogens is 362 g/mol. The van der Waals surface area contributed by atoms with Gasteiger partial charge >= 0.3 is 0 Å². The van der Waals surface area contributed by atoms with Crippen molar-refractivity contribution in [3.63, 3.8) is 0 Å². The molecule has 0 saturated carbocycles. The number of furan rings is 1. The molecule has 3 aromatic rings. The van der Waals surface area contributed by atoms with E-state index in [4.69, 9.17) is 13.9 Å². The molecule has 27 heavy (non-hydrogen) atoms. The van der Waals surface area contributed by atoms with Crippen molar-refractivity contribution < 1.29 is 18.7 Å². The summed E-state index contributed by atoms with van der Waals surface area (Å²) >= 11 is 1.62. The van der Waals surface area contributed by atoms with Crippen LogP contribution in [0.25, 0.3) is 6.08 Å². The van der Waals surface area contributed by atoms with Crippen molar-refractivity contribution >= 4 is 23.3 Å². The summed E-state index contributed by atoms with van der Waals surface area (Å²) in [6, 6.07) is 13.2. The van der Waals surface area contributed by atoms with Crippen molar-refractivity contribution in [3.05, 3.63) is 76.4 Å². The predicted molar refractivity (Wildman–Crippen MR) is 106 cm³/mol. The van der Waals surface area contributed by atoms with E-state index in [0.717, 1.165) is 16.2 Å². The van der Waals surface area contributed by atoms with Gasteiger partial charge in [-0.3, -0.25) is 4.79 Å². The molecule has 0 aliphatic heterocycles. The first-order valence-electron chi connectivity index (χ1n) is 8.43. The lowest BCUT2D eigenvalue weighted by Gasteiger charge is -2.19. The van der Waals surface area contributed by atoms with Crippen LogP contribution in [0.5, 0.6) is 11.5 Å². The van der Waals surface area contributed by atoms with Gasteiger partial charge < -0.3 is 18.8 Å². The highest BCUT2D eigenvalue weighted by Crippen LogP contribution is 2.23. The van der Waals surface area contributed by atoms with Crippen LogP contribution >= 0.6 is 11.3 Å². The van der Waals surface area contributed by atoms with Gasteiger partial charge in [-0.2, -0.15) is 0 Å². The summed E-state index contributed by atoms with van der Waals surface area (Å²) in [6.07, 6.45) is 4.93. The van der Waals surface area contributed by atoms with Crippen LogP contribution in [-0.4, -0.2) is 25.0 Å². The monoisotopic (exact) mass is 383 g/mol. The molecule has 1 aromatic carbocycles. The van der Waals surface area contributed by atoms with Gasteiger partial charge in [0.1, 0.15) is 17.3 Å². The Kier molecular flexibility index (Phi) is 6.33. The number of hydrogen-bond donors (Lipinski definition) is 0. The van der Waals surface area contributed by atoms with Crippen molar-refractivity contribution in [2.24, 2.45) is 0 Å². The molecule has 6 heteroatoms. The SMILES string of the molecule is COc1cc(/C=C/C(=O)N(Cc2ccco2)Cc2cccs2)cc(OC)c1. The zero-order valence-electron chi connectivity index (χ0n) is 15.3. The van der Waals surface area contributed by atoms with Crippen LogP contribution in [0.15, 0.2) is 64.6 Å². The molecule has 0 aliphatic carbocycles. The van der Waals surface area contributed by atoms with Gasteiger partial charge in [0.25, 0.3) is 0 Å². The first kappa shape index (κ1) is 18.8. The summed E-state index contributed by atoms with van der Waals surface area (Å²) in [5.41, 5.74) is 0.827. The van der Waals surface area contributed by atoms with Gasteiger partial charge in [0.05, 0.1) is 33.6 Å². The summed E-state index contributed by atoms with van der Waals surface area (Å²) in [7, 11) is 3.19. The Morgan fingerprint density at radius 1 is 1.11 bits per heavy atom. The van der Waals surface area contributed by atoms with Crippen LogP contribution < -0.4 is 9.47 Å². The van der Waals surface area contributed by atoms with Gasteiger partial charge in [0.15, 0.2) is 0 Å². The highest BCUT2D eigenvalue weighted by atomic mass is 32.1. The van der Waals surface area contributed by atoms with E-state index in [-0.39, 0.29) is 5.91 Å². The van der Waals surface area contributed by atoms with Gasteiger partial charge in [0.2, 0.25) is 5.91 Å². The number of carbonyl (C=O) groups is 1. The van der Waals surface area contributed by atoms with Crippen LogP contribution in [0.3, 0.4) is 0 Å². The second-order valence-corrected chi connectivity index (χ2v) is 6.86. The lowest BCUT2D eigenvalue weighted by Crippen LogP contribution is -2.27. The molecule has 0 unspecified atom stereocenters. The van der Waals surface area contributed by atoms with Crippen LogP contribution in [0.1, 0.15) is 16.2 Å². The largest absolute Gasteiger partial charge is 0.497 e. The molecule has 0 N–H and O–H groups in total. The average molecular weight is 383 g/mol. The molecule has 0 spiro atoms. The van der Waals surface area contributed by atoms with Crippen molar-refractivity contribution in [1.82, 2.24) is 4.90 Å². The molecule has 0 radical (unpaired) electrons. The molecule has 0 aliphatic rings. The molecule has 0 bridgehead atoms. The average Bonchev–Trinajstić information content (AvgIpc) is 3.39. The maximum absolute atomic E-state index is 12.8. The molecule has 1 amide bonds. The normalized spacial score (nSPS) is 10.9. The zero-order valence-corrected chi connectivity index (χ0v) is 16.1. The number of rotatable bonds is 8. The quantitative estimate of drug-likeness (QED) is 0.534. The third-order valence-electron chi connectivity index (χ3n) is 3.96. The summed E-state index contributed by atoms with van der Waals surface area (Å²) in [5.74, 6) is 2.00. The van der Waals surface area contributed by atoms with Crippen LogP contribution in [0.2, 0.25) is 0 Å². The van der Waals surface area contributed by atoms with Crippen molar-refractivity contribution in [3.8, 4) is 11.5 Å². The van der Waals surface area contributed by atoms with Gasteiger partial charge in [0, 0.05) is 17.0 Å². The molecule has 0 fully saturated rings. The smallest absolute Gasteiger partial charge is 0.247 e. The van der Waals surface area contributed by atoms with Crippen LogP contribution in [-0.2, 0) is 17.9 Å². The number of benzene rings is 1. The number of ether oxygens (including phenoxy) is 2. The van der Waals surface area contributed by atoms with E-state index in [9.17, 15) is 4.79 Å². The number of nitrogens with zero attached hydrogens (tertiary/aromatic N) is 1. The Labute approximate surface area is 162 Å². The Morgan fingerprint density at radius 2 is 1.89 bits per heavy atom. The van der Waals surface area contributed by atoms with Gasteiger partial charge in [-0.1, -0.05) is 6.07 Å². The van der Waals surface area contributed by atoms with Gasteiger partial charge in [-0.25, -0.2) is 0 Å². The first-order chi connectivity index (χ1) is 13.2. The molecule has 0 saturated heterocycles. The minimum atomic E-state index is -0.0958. The fraction of sp³-hybridized carbons (Fsp3) is 0.190. The second kappa shape index (κ2) is 9.09. The summed E-state index contributed by atoms with van der Waals surface area (Å²) in [6.45, 7) is 0.943. The molecule has 140 valence electrons.